The Balaban J connectivity index is 4.09. The third-order valence-corrected chi connectivity index (χ3v) is 1.45. The highest BCUT2D eigenvalue weighted by molar-refractivity contribution is 5.87. The molecular formula is C10H18O4. The predicted octanol–water partition coefficient (Wildman–Crippen LogP) is 1.24. The lowest BCUT2D eigenvalue weighted by atomic mass is 10.3. The second-order valence-electron chi connectivity index (χ2n) is 3.17. The summed E-state index contributed by atoms with van der Waals surface area (Å²) in [5.41, 5.74) is 0.288. The molecule has 0 bridgehead atoms. The van der Waals surface area contributed by atoms with Crippen molar-refractivity contribution in [2.45, 2.75) is 39.6 Å². The molecule has 0 saturated heterocycles. The monoisotopic (exact) mass is 202 g/mol. The minimum atomic E-state index is -0.904. The van der Waals surface area contributed by atoms with E-state index in [9.17, 15) is 9.90 Å². The van der Waals surface area contributed by atoms with Gasteiger partial charge in [-0.3, -0.25) is 0 Å². The summed E-state index contributed by atoms with van der Waals surface area (Å²) in [5, 5.41) is 9.24. The van der Waals surface area contributed by atoms with Crippen LogP contribution in [0.3, 0.4) is 0 Å². The van der Waals surface area contributed by atoms with Gasteiger partial charge in [-0.25, -0.2) is 4.79 Å². The SMILES string of the molecule is C=C(C)C(=O)OC(OCCC)C(C)O. The summed E-state index contributed by atoms with van der Waals surface area (Å²) in [6.07, 6.45) is -0.947. The number of ether oxygens (including phenoxy) is 2. The van der Waals surface area contributed by atoms with E-state index in [1.54, 1.807) is 6.92 Å². The minimum Gasteiger partial charge on any atom is -0.430 e. The van der Waals surface area contributed by atoms with Crippen LogP contribution in [-0.2, 0) is 14.3 Å². The Morgan fingerprint density at radius 2 is 2.14 bits per heavy atom. The molecule has 0 aromatic carbocycles. The molecule has 4 heteroatoms. The van der Waals surface area contributed by atoms with E-state index in [1.807, 2.05) is 6.92 Å². The first-order chi connectivity index (χ1) is 6.49. The predicted molar refractivity (Wildman–Crippen MR) is 52.6 cm³/mol. The van der Waals surface area contributed by atoms with Gasteiger partial charge < -0.3 is 14.6 Å². The molecule has 0 aliphatic carbocycles. The second-order valence-corrected chi connectivity index (χ2v) is 3.17. The van der Waals surface area contributed by atoms with E-state index in [-0.39, 0.29) is 5.57 Å². The second kappa shape index (κ2) is 6.56. The Bertz CT molecular complexity index is 198. The molecule has 0 heterocycles. The maximum Gasteiger partial charge on any atom is 0.335 e. The van der Waals surface area contributed by atoms with Crippen molar-refractivity contribution in [1.82, 2.24) is 0 Å². The van der Waals surface area contributed by atoms with E-state index in [1.165, 1.54) is 6.92 Å². The summed E-state index contributed by atoms with van der Waals surface area (Å²) in [5.74, 6) is -0.549. The Hall–Kier alpha value is -0.870. The van der Waals surface area contributed by atoms with Crippen LogP contribution in [0.1, 0.15) is 27.2 Å². The number of carbonyl (C=O) groups is 1. The zero-order chi connectivity index (χ0) is 11.1. The quantitative estimate of drug-likeness (QED) is 0.400. The topological polar surface area (TPSA) is 55.8 Å². The molecule has 0 fully saturated rings. The molecule has 2 unspecified atom stereocenters. The molecule has 2 atom stereocenters. The maximum atomic E-state index is 11.1. The Morgan fingerprint density at radius 1 is 1.57 bits per heavy atom. The molecule has 14 heavy (non-hydrogen) atoms. The first-order valence-electron chi connectivity index (χ1n) is 4.65. The van der Waals surface area contributed by atoms with E-state index < -0.39 is 18.4 Å². The van der Waals surface area contributed by atoms with Gasteiger partial charge in [0.05, 0.1) is 6.61 Å². The molecule has 0 amide bonds. The molecular weight excluding hydrogens is 184 g/mol. The summed E-state index contributed by atoms with van der Waals surface area (Å²) in [4.78, 5) is 11.1. The van der Waals surface area contributed by atoms with Gasteiger partial charge in [0.15, 0.2) is 0 Å². The molecule has 4 nitrogen and oxygen atoms in total. The van der Waals surface area contributed by atoms with E-state index >= 15 is 0 Å². The maximum absolute atomic E-state index is 11.1. The van der Waals surface area contributed by atoms with Crippen LogP contribution in [0.2, 0.25) is 0 Å². The molecule has 0 radical (unpaired) electrons. The molecule has 0 aromatic heterocycles. The highest BCUT2D eigenvalue weighted by Gasteiger charge is 2.20. The van der Waals surface area contributed by atoms with Gasteiger partial charge in [0.1, 0.15) is 6.10 Å². The van der Waals surface area contributed by atoms with Gasteiger partial charge in [0.2, 0.25) is 6.29 Å². The number of hydrogen-bond acceptors (Lipinski definition) is 4. The fraction of sp³-hybridized carbons (Fsp3) is 0.700. The molecule has 82 valence electrons. The van der Waals surface area contributed by atoms with Crippen LogP contribution in [-0.4, -0.2) is 30.1 Å². The fourth-order valence-electron chi connectivity index (χ4n) is 0.712. The van der Waals surface area contributed by atoms with Crippen molar-refractivity contribution in [3.05, 3.63) is 12.2 Å². The van der Waals surface area contributed by atoms with Gasteiger partial charge in [0.25, 0.3) is 0 Å². The standard InChI is InChI=1S/C10H18O4/c1-5-6-13-10(8(4)11)14-9(12)7(2)3/h8,10-11H,2,5-6H2,1,3-4H3. The number of esters is 1. The molecule has 0 aromatic rings. The van der Waals surface area contributed by atoms with Crippen molar-refractivity contribution in [3.8, 4) is 0 Å². The van der Waals surface area contributed by atoms with Crippen LogP contribution in [0.15, 0.2) is 12.2 Å². The summed E-state index contributed by atoms with van der Waals surface area (Å²) < 4.78 is 10.0. The average Bonchev–Trinajstić information content (AvgIpc) is 2.10. The smallest absolute Gasteiger partial charge is 0.335 e. The van der Waals surface area contributed by atoms with Crippen LogP contribution < -0.4 is 0 Å². The van der Waals surface area contributed by atoms with Gasteiger partial charge in [-0.15, -0.1) is 0 Å². The van der Waals surface area contributed by atoms with E-state index in [2.05, 4.69) is 6.58 Å². The zero-order valence-corrected chi connectivity index (χ0v) is 8.95. The third kappa shape index (κ3) is 4.99. The lowest BCUT2D eigenvalue weighted by molar-refractivity contribution is -0.196. The molecule has 0 saturated carbocycles. The van der Waals surface area contributed by atoms with Crippen molar-refractivity contribution < 1.29 is 19.4 Å². The van der Waals surface area contributed by atoms with E-state index in [4.69, 9.17) is 9.47 Å². The van der Waals surface area contributed by atoms with Crippen LogP contribution in [0, 0.1) is 0 Å². The molecule has 0 aliphatic heterocycles. The van der Waals surface area contributed by atoms with Gasteiger partial charge >= 0.3 is 5.97 Å². The molecule has 0 aliphatic rings. The normalized spacial score (nSPS) is 14.6. The van der Waals surface area contributed by atoms with Crippen LogP contribution >= 0.6 is 0 Å². The number of aliphatic hydroxyl groups excluding tert-OH is 1. The van der Waals surface area contributed by atoms with Crippen molar-refractivity contribution in [2.24, 2.45) is 0 Å². The van der Waals surface area contributed by atoms with Crippen molar-refractivity contribution in [3.63, 3.8) is 0 Å². The average molecular weight is 202 g/mol. The first-order valence-corrected chi connectivity index (χ1v) is 4.65. The fourth-order valence-corrected chi connectivity index (χ4v) is 0.712. The van der Waals surface area contributed by atoms with Crippen LogP contribution in [0.5, 0.6) is 0 Å². The minimum absolute atomic E-state index is 0.288. The van der Waals surface area contributed by atoms with Crippen molar-refractivity contribution >= 4 is 5.97 Å². The number of aliphatic hydroxyl groups is 1. The number of rotatable bonds is 6. The summed E-state index contributed by atoms with van der Waals surface area (Å²) in [6, 6.07) is 0. The molecule has 1 N–H and O–H groups in total. The van der Waals surface area contributed by atoms with Gasteiger partial charge in [-0.2, -0.15) is 0 Å². The number of carbonyl (C=O) groups excluding carboxylic acids is 1. The lowest BCUT2D eigenvalue weighted by Gasteiger charge is -2.20. The third-order valence-electron chi connectivity index (χ3n) is 1.45. The van der Waals surface area contributed by atoms with Crippen molar-refractivity contribution in [1.29, 1.82) is 0 Å². The summed E-state index contributed by atoms with van der Waals surface area (Å²) in [7, 11) is 0. The first kappa shape index (κ1) is 13.1. The summed E-state index contributed by atoms with van der Waals surface area (Å²) in [6.45, 7) is 8.86. The molecule has 0 spiro atoms. The highest BCUT2D eigenvalue weighted by Crippen LogP contribution is 2.05. The number of hydrogen-bond donors (Lipinski definition) is 1. The van der Waals surface area contributed by atoms with Crippen LogP contribution in [0.4, 0.5) is 0 Å². The largest absolute Gasteiger partial charge is 0.430 e. The van der Waals surface area contributed by atoms with Crippen LogP contribution in [0.25, 0.3) is 0 Å². The lowest BCUT2D eigenvalue weighted by Crippen LogP contribution is -2.32. The highest BCUT2D eigenvalue weighted by atomic mass is 16.7. The Labute approximate surface area is 84.5 Å². The van der Waals surface area contributed by atoms with Gasteiger partial charge in [-0.1, -0.05) is 13.5 Å². The van der Waals surface area contributed by atoms with Crippen molar-refractivity contribution in [2.75, 3.05) is 6.61 Å². The van der Waals surface area contributed by atoms with E-state index in [0.717, 1.165) is 6.42 Å². The summed E-state index contributed by atoms with van der Waals surface area (Å²) >= 11 is 0. The molecule has 0 rings (SSSR count). The Kier molecular flexibility index (Phi) is 6.16. The van der Waals surface area contributed by atoms with E-state index in [0.29, 0.717) is 6.61 Å². The van der Waals surface area contributed by atoms with Gasteiger partial charge in [-0.05, 0) is 20.3 Å². The zero-order valence-electron chi connectivity index (χ0n) is 8.95. The Morgan fingerprint density at radius 3 is 2.50 bits per heavy atom. The van der Waals surface area contributed by atoms with Gasteiger partial charge in [0, 0.05) is 5.57 Å².